The van der Waals surface area contributed by atoms with E-state index in [1.807, 2.05) is 0 Å². The summed E-state index contributed by atoms with van der Waals surface area (Å²) in [6.07, 6.45) is 13.7. The standard InChI is InChI=1S/C38H30N2O2/c39-20-19-23-13-16-32(29(21-23)24-14-18-36-30(22-24)26-8-3-5-11-34(26)41-36)40-31-10-4-1-9-28(31)37-33(40)17-15-27-25-7-2-6-12-35(25)42-38(27)37/h1-2,4-5,7,9-11,13-18,21-22H,3,6,8,12,19-20,39H2. The van der Waals surface area contributed by atoms with Crippen LogP contribution in [-0.4, -0.2) is 11.1 Å². The number of para-hydroxylation sites is 1. The summed E-state index contributed by atoms with van der Waals surface area (Å²) in [6, 6.07) is 26.7. The average molecular weight is 547 g/mol. The van der Waals surface area contributed by atoms with Crippen LogP contribution in [0.25, 0.3) is 72.7 Å². The highest BCUT2D eigenvalue weighted by Crippen LogP contribution is 2.43. The van der Waals surface area contributed by atoms with Crippen molar-refractivity contribution in [3.63, 3.8) is 0 Å². The fourth-order valence-electron chi connectivity index (χ4n) is 7.20. The number of furan rings is 2. The van der Waals surface area contributed by atoms with Gasteiger partial charge in [-0.15, -0.1) is 0 Å². The first-order valence-corrected chi connectivity index (χ1v) is 15.0. The molecule has 0 saturated carbocycles. The summed E-state index contributed by atoms with van der Waals surface area (Å²) in [5.41, 5.74) is 17.6. The van der Waals surface area contributed by atoms with Crippen molar-refractivity contribution in [3.05, 3.63) is 113 Å². The number of nitrogens with two attached hydrogens (primary N) is 1. The molecule has 0 unspecified atom stereocenters. The van der Waals surface area contributed by atoms with Crippen LogP contribution in [0.5, 0.6) is 0 Å². The Labute approximate surface area is 243 Å². The number of benzene rings is 4. The molecule has 42 heavy (non-hydrogen) atoms. The highest BCUT2D eigenvalue weighted by Gasteiger charge is 2.23. The Morgan fingerprint density at radius 2 is 1.67 bits per heavy atom. The van der Waals surface area contributed by atoms with Crippen LogP contribution in [0.3, 0.4) is 0 Å². The largest absolute Gasteiger partial charge is 0.460 e. The lowest BCUT2D eigenvalue weighted by Crippen LogP contribution is -2.04. The van der Waals surface area contributed by atoms with Crippen LogP contribution in [0, 0.1) is 0 Å². The molecule has 0 bridgehead atoms. The van der Waals surface area contributed by atoms with Crippen molar-refractivity contribution in [3.8, 4) is 16.8 Å². The molecule has 3 heterocycles. The number of hydrogen-bond acceptors (Lipinski definition) is 3. The predicted octanol–water partition coefficient (Wildman–Crippen LogP) is 9.36. The Kier molecular flexibility index (Phi) is 5.17. The monoisotopic (exact) mass is 546 g/mol. The van der Waals surface area contributed by atoms with Crippen molar-refractivity contribution in [2.24, 2.45) is 5.73 Å². The maximum atomic E-state index is 6.62. The van der Waals surface area contributed by atoms with E-state index in [4.69, 9.17) is 14.6 Å². The lowest BCUT2D eigenvalue weighted by molar-refractivity contribution is 0.549. The van der Waals surface area contributed by atoms with Crippen LogP contribution in [0.2, 0.25) is 0 Å². The molecule has 9 rings (SSSR count). The number of allylic oxidation sites excluding steroid dienone is 2. The smallest absolute Gasteiger partial charge is 0.144 e. The van der Waals surface area contributed by atoms with E-state index in [0.29, 0.717) is 6.54 Å². The first-order valence-electron chi connectivity index (χ1n) is 15.0. The van der Waals surface area contributed by atoms with Crippen LogP contribution >= 0.6 is 0 Å². The third-order valence-electron chi connectivity index (χ3n) is 9.13. The van der Waals surface area contributed by atoms with Crippen molar-refractivity contribution in [1.82, 2.24) is 4.57 Å². The zero-order chi connectivity index (χ0) is 27.8. The van der Waals surface area contributed by atoms with E-state index in [1.165, 1.54) is 54.9 Å². The third kappa shape index (κ3) is 3.39. The van der Waals surface area contributed by atoms with Crippen LogP contribution < -0.4 is 5.73 Å². The minimum Gasteiger partial charge on any atom is -0.460 e. The van der Waals surface area contributed by atoms with Crippen molar-refractivity contribution in [2.45, 2.75) is 32.1 Å². The second-order valence-corrected chi connectivity index (χ2v) is 11.6. The number of rotatable bonds is 4. The Morgan fingerprint density at radius 1 is 0.762 bits per heavy atom. The molecule has 0 fully saturated rings. The molecule has 0 radical (unpaired) electrons. The van der Waals surface area contributed by atoms with Crippen molar-refractivity contribution >= 4 is 55.9 Å². The molecule has 0 atom stereocenters. The zero-order valence-electron chi connectivity index (χ0n) is 23.3. The van der Waals surface area contributed by atoms with Crippen molar-refractivity contribution in [2.75, 3.05) is 6.54 Å². The summed E-state index contributed by atoms with van der Waals surface area (Å²) in [6.45, 7) is 0.615. The van der Waals surface area contributed by atoms with E-state index in [2.05, 4.69) is 102 Å². The van der Waals surface area contributed by atoms with Gasteiger partial charge in [-0.2, -0.15) is 0 Å². The van der Waals surface area contributed by atoms with Gasteiger partial charge in [-0.1, -0.05) is 48.6 Å². The molecule has 7 aromatic rings. The van der Waals surface area contributed by atoms with Crippen LogP contribution in [-0.2, 0) is 19.3 Å². The second kappa shape index (κ2) is 9.10. The van der Waals surface area contributed by atoms with Gasteiger partial charge in [0.2, 0.25) is 0 Å². The molecule has 2 aliphatic carbocycles. The molecule has 0 saturated heterocycles. The topological polar surface area (TPSA) is 57.2 Å². The minimum absolute atomic E-state index is 0.615. The summed E-state index contributed by atoms with van der Waals surface area (Å²) in [5.74, 6) is 2.09. The molecule has 2 N–H and O–H groups in total. The molecular formula is C38H30N2O2. The summed E-state index contributed by atoms with van der Waals surface area (Å²) >= 11 is 0. The van der Waals surface area contributed by atoms with Crippen LogP contribution in [0.15, 0.2) is 93.8 Å². The molecule has 4 heteroatoms. The maximum absolute atomic E-state index is 6.62. The number of aromatic nitrogens is 1. The van der Waals surface area contributed by atoms with E-state index >= 15 is 0 Å². The van der Waals surface area contributed by atoms with Gasteiger partial charge in [-0.25, -0.2) is 0 Å². The lowest BCUT2D eigenvalue weighted by Gasteiger charge is -2.16. The van der Waals surface area contributed by atoms with Gasteiger partial charge >= 0.3 is 0 Å². The first kappa shape index (κ1) is 23.9. The molecule has 0 amide bonds. The molecule has 4 nitrogen and oxygen atoms in total. The van der Waals surface area contributed by atoms with Gasteiger partial charge in [-0.3, -0.25) is 0 Å². The van der Waals surface area contributed by atoms with Crippen molar-refractivity contribution in [1.29, 1.82) is 0 Å². The van der Waals surface area contributed by atoms with Crippen molar-refractivity contribution < 1.29 is 8.83 Å². The quantitative estimate of drug-likeness (QED) is 0.239. The normalized spacial score (nSPS) is 14.4. The molecule has 204 valence electrons. The Morgan fingerprint density at radius 3 is 2.62 bits per heavy atom. The van der Waals surface area contributed by atoms with Gasteiger partial charge in [0.15, 0.2) is 0 Å². The number of aryl methyl sites for hydroxylation is 2. The van der Waals surface area contributed by atoms with E-state index in [-0.39, 0.29) is 0 Å². The van der Waals surface area contributed by atoms with Gasteiger partial charge in [0, 0.05) is 39.3 Å². The zero-order valence-corrected chi connectivity index (χ0v) is 23.3. The van der Waals surface area contributed by atoms with Gasteiger partial charge < -0.3 is 19.1 Å². The van der Waals surface area contributed by atoms with E-state index in [9.17, 15) is 0 Å². The highest BCUT2D eigenvalue weighted by molar-refractivity contribution is 6.21. The molecule has 4 aromatic carbocycles. The molecule has 0 spiro atoms. The number of fused-ring (bicyclic) bond motifs is 10. The van der Waals surface area contributed by atoms with Gasteiger partial charge in [0.05, 0.1) is 22.1 Å². The van der Waals surface area contributed by atoms with E-state index < -0.39 is 0 Å². The summed E-state index contributed by atoms with van der Waals surface area (Å²) in [7, 11) is 0. The van der Waals surface area contributed by atoms with Gasteiger partial charge in [0.25, 0.3) is 0 Å². The maximum Gasteiger partial charge on any atom is 0.144 e. The molecular weight excluding hydrogens is 516 g/mol. The number of hydrogen-bond donors (Lipinski definition) is 1. The lowest BCUT2D eigenvalue weighted by atomic mass is 9.95. The SMILES string of the molecule is NCCc1ccc(-n2c3ccccc3c3c4oc5c(c4ccc32)C=CCC5)c(-c2ccc3oc4c(c3c2)CCC=C4)c1. The van der Waals surface area contributed by atoms with Gasteiger partial charge in [-0.05, 0) is 91.9 Å². The summed E-state index contributed by atoms with van der Waals surface area (Å²) in [5, 5.41) is 4.78. The van der Waals surface area contributed by atoms with Gasteiger partial charge in [0.1, 0.15) is 22.7 Å². The average Bonchev–Trinajstić information content (AvgIpc) is 3.70. The third-order valence-corrected chi connectivity index (χ3v) is 9.13. The van der Waals surface area contributed by atoms with Crippen LogP contribution in [0.4, 0.5) is 0 Å². The summed E-state index contributed by atoms with van der Waals surface area (Å²) < 4.78 is 15.3. The second-order valence-electron chi connectivity index (χ2n) is 11.6. The summed E-state index contributed by atoms with van der Waals surface area (Å²) in [4.78, 5) is 0. The Hall–Kier alpha value is -4.80. The number of nitrogens with zero attached hydrogens (tertiary/aromatic N) is 1. The van der Waals surface area contributed by atoms with E-state index in [0.717, 1.165) is 66.0 Å². The Bertz CT molecular complexity index is 2270. The van der Waals surface area contributed by atoms with Crippen LogP contribution in [0.1, 0.15) is 41.1 Å². The van der Waals surface area contributed by atoms with E-state index in [1.54, 1.807) is 0 Å². The fourth-order valence-corrected chi connectivity index (χ4v) is 7.20. The Balaban J connectivity index is 1.35. The first-order chi connectivity index (χ1) is 20.8. The minimum atomic E-state index is 0.615. The predicted molar refractivity (Wildman–Crippen MR) is 173 cm³/mol. The fraction of sp³-hybridized carbons (Fsp3) is 0.158. The molecule has 2 aliphatic rings. The highest BCUT2D eigenvalue weighted by atomic mass is 16.3. The molecule has 3 aromatic heterocycles. The molecule has 0 aliphatic heterocycles.